The number of amides is 2. The van der Waals surface area contributed by atoms with E-state index in [1.807, 2.05) is 19.1 Å². The molecule has 2 aliphatic heterocycles. The molecular weight excluding hydrogens is 441 g/mol. The normalized spacial score (nSPS) is 27.1. The van der Waals surface area contributed by atoms with Gasteiger partial charge in [-0.2, -0.15) is 0 Å². The van der Waals surface area contributed by atoms with E-state index in [4.69, 9.17) is 4.65 Å². The van der Waals surface area contributed by atoms with Gasteiger partial charge in [-0.1, -0.05) is 57.0 Å². The largest absolute Gasteiger partial charge is 0.508 e. The zero-order valence-corrected chi connectivity index (χ0v) is 21.4. The number of nitrogens with zero attached hydrogens (tertiary/aromatic N) is 1. The van der Waals surface area contributed by atoms with Crippen LogP contribution in [0.3, 0.4) is 0 Å². The van der Waals surface area contributed by atoms with Crippen LogP contribution in [-0.4, -0.2) is 46.6 Å². The van der Waals surface area contributed by atoms with Gasteiger partial charge in [-0.15, -0.1) is 0 Å². The molecule has 0 spiro atoms. The Balaban J connectivity index is 1.62. The minimum absolute atomic E-state index is 0.0427. The SMILES string of the molecule is CCCN1C(=O)[C@@H]2[C@@H](CC(C(C)C)=C3[C@@H](CC/C(=C/c4cccc(O)c4)CC)OB(O)C[C@@H]32)C1=O. The van der Waals surface area contributed by atoms with Gasteiger partial charge in [-0.05, 0) is 73.5 Å². The summed E-state index contributed by atoms with van der Waals surface area (Å²) in [6, 6.07) is 7.21. The smallest absolute Gasteiger partial charge is 0.455 e. The van der Waals surface area contributed by atoms with Gasteiger partial charge in [0, 0.05) is 6.54 Å². The van der Waals surface area contributed by atoms with Gasteiger partial charge in [0.1, 0.15) is 5.75 Å². The molecule has 0 bridgehead atoms. The maximum Gasteiger partial charge on any atom is 0.455 e. The van der Waals surface area contributed by atoms with Crippen molar-refractivity contribution in [2.24, 2.45) is 23.7 Å². The molecule has 2 saturated heterocycles. The molecule has 6 nitrogen and oxygen atoms in total. The van der Waals surface area contributed by atoms with Crippen molar-refractivity contribution in [1.82, 2.24) is 4.90 Å². The lowest BCUT2D eigenvalue weighted by Crippen LogP contribution is -2.46. The Bertz CT molecular complexity index is 1030. The van der Waals surface area contributed by atoms with E-state index in [-0.39, 0.29) is 47.3 Å². The van der Waals surface area contributed by atoms with E-state index in [0.29, 0.717) is 25.7 Å². The number of aromatic hydroxyl groups is 1. The van der Waals surface area contributed by atoms with Gasteiger partial charge < -0.3 is 14.8 Å². The zero-order valence-electron chi connectivity index (χ0n) is 21.4. The molecule has 2 fully saturated rings. The molecule has 7 heteroatoms. The number of imide groups is 1. The number of phenols is 1. The highest BCUT2D eigenvalue weighted by molar-refractivity contribution is 6.43. The second-order valence-electron chi connectivity index (χ2n) is 10.5. The summed E-state index contributed by atoms with van der Waals surface area (Å²) in [6.07, 6.45) is 5.91. The number of phenolic OH excluding ortho intramolecular Hbond substituents is 1. The van der Waals surface area contributed by atoms with E-state index >= 15 is 0 Å². The van der Waals surface area contributed by atoms with Crippen LogP contribution in [0.2, 0.25) is 6.32 Å². The third kappa shape index (κ3) is 5.12. The van der Waals surface area contributed by atoms with Gasteiger partial charge in [-0.25, -0.2) is 0 Å². The van der Waals surface area contributed by atoms with E-state index in [9.17, 15) is 19.7 Å². The Hall–Kier alpha value is -2.38. The zero-order chi connectivity index (χ0) is 25.3. The molecule has 2 amide bonds. The molecule has 2 heterocycles. The van der Waals surface area contributed by atoms with Gasteiger partial charge >= 0.3 is 7.12 Å². The molecule has 188 valence electrons. The van der Waals surface area contributed by atoms with Crippen LogP contribution in [0.1, 0.15) is 65.4 Å². The molecule has 35 heavy (non-hydrogen) atoms. The standard InChI is InChI=1S/C28H38BNO5/c1-5-12-30-27(32)22-15-21(17(3)4)25-23(26(22)28(30)33)16-29(34)35-24(25)11-10-18(6-2)13-19-8-7-9-20(31)14-19/h7-9,13-14,17,22-24,26,31,34H,5-6,10-12,15-16H2,1-4H3/b18-13+/t22-,23+,24-,26-/m1/s1. The Labute approximate surface area is 209 Å². The number of likely N-dealkylation sites (tertiary alicyclic amines) is 1. The second kappa shape index (κ2) is 10.7. The third-order valence-electron chi connectivity index (χ3n) is 7.90. The van der Waals surface area contributed by atoms with Crippen LogP contribution in [0.15, 0.2) is 41.0 Å². The second-order valence-corrected chi connectivity index (χ2v) is 10.5. The lowest BCUT2D eigenvalue weighted by molar-refractivity contribution is -0.140. The van der Waals surface area contributed by atoms with Gasteiger partial charge in [0.15, 0.2) is 0 Å². The molecule has 1 aromatic rings. The van der Waals surface area contributed by atoms with Crippen LogP contribution in [0, 0.1) is 23.7 Å². The van der Waals surface area contributed by atoms with E-state index in [2.05, 4.69) is 26.8 Å². The molecule has 3 aliphatic rings. The van der Waals surface area contributed by atoms with Gasteiger partial charge in [0.25, 0.3) is 0 Å². The Kier molecular flexibility index (Phi) is 7.87. The first-order valence-electron chi connectivity index (χ1n) is 13.1. The third-order valence-corrected chi connectivity index (χ3v) is 7.90. The fourth-order valence-corrected chi connectivity index (χ4v) is 6.28. The van der Waals surface area contributed by atoms with Gasteiger partial charge in [0.2, 0.25) is 11.8 Å². The fraction of sp³-hybridized carbons (Fsp3) is 0.571. The lowest BCUT2D eigenvalue weighted by atomic mass is 9.57. The summed E-state index contributed by atoms with van der Waals surface area (Å²) in [5.41, 5.74) is 4.57. The summed E-state index contributed by atoms with van der Waals surface area (Å²) in [5, 5.41) is 20.5. The summed E-state index contributed by atoms with van der Waals surface area (Å²) in [5.74, 6) is -0.488. The summed E-state index contributed by atoms with van der Waals surface area (Å²) in [6.45, 7) is 8.85. The van der Waals surface area contributed by atoms with E-state index in [0.717, 1.165) is 30.4 Å². The molecule has 4 rings (SSSR count). The minimum Gasteiger partial charge on any atom is -0.508 e. The highest BCUT2D eigenvalue weighted by Gasteiger charge is 2.57. The van der Waals surface area contributed by atoms with E-state index in [1.54, 1.807) is 12.1 Å². The van der Waals surface area contributed by atoms with Crippen LogP contribution in [0.4, 0.5) is 0 Å². The molecule has 0 unspecified atom stereocenters. The van der Waals surface area contributed by atoms with E-state index in [1.165, 1.54) is 16.0 Å². The number of rotatable bonds is 8. The van der Waals surface area contributed by atoms with Crippen molar-refractivity contribution in [2.45, 2.75) is 72.2 Å². The van der Waals surface area contributed by atoms with Crippen LogP contribution in [-0.2, 0) is 14.2 Å². The van der Waals surface area contributed by atoms with Crippen LogP contribution in [0.5, 0.6) is 5.75 Å². The lowest BCUT2D eigenvalue weighted by Gasteiger charge is -2.44. The van der Waals surface area contributed by atoms with Crippen molar-refractivity contribution in [1.29, 1.82) is 0 Å². The maximum atomic E-state index is 13.4. The number of carbonyl (C=O) groups excluding carboxylic acids is 2. The highest BCUT2D eigenvalue weighted by atomic mass is 16.5. The van der Waals surface area contributed by atoms with Crippen molar-refractivity contribution in [2.75, 3.05) is 6.54 Å². The van der Waals surface area contributed by atoms with Crippen molar-refractivity contribution in [3.05, 3.63) is 46.5 Å². The number of hydrogen-bond donors (Lipinski definition) is 2. The topological polar surface area (TPSA) is 87.1 Å². The number of carbonyl (C=O) groups is 2. The molecule has 2 N–H and O–H groups in total. The molecule has 0 aromatic heterocycles. The van der Waals surface area contributed by atoms with Gasteiger partial charge in [0.05, 0.1) is 17.9 Å². The molecule has 0 saturated carbocycles. The average molecular weight is 479 g/mol. The fourth-order valence-electron chi connectivity index (χ4n) is 6.28. The molecule has 1 aromatic carbocycles. The van der Waals surface area contributed by atoms with Gasteiger partial charge in [-0.3, -0.25) is 14.5 Å². The van der Waals surface area contributed by atoms with Crippen molar-refractivity contribution < 1.29 is 24.4 Å². The van der Waals surface area contributed by atoms with Crippen molar-refractivity contribution in [3.63, 3.8) is 0 Å². The predicted molar refractivity (Wildman–Crippen MR) is 137 cm³/mol. The molecule has 0 radical (unpaired) electrons. The maximum absolute atomic E-state index is 13.4. The minimum atomic E-state index is -0.941. The Morgan fingerprint density at radius 2 is 2.00 bits per heavy atom. The number of benzene rings is 1. The Morgan fingerprint density at radius 3 is 2.66 bits per heavy atom. The summed E-state index contributed by atoms with van der Waals surface area (Å²) in [4.78, 5) is 28.0. The van der Waals surface area contributed by atoms with E-state index < -0.39 is 7.12 Å². The van der Waals surface area contributed by atoms with Crippen LogP contribution >= 0.6 is 0 Å². The van der Waals surface area contributed by atoms with Crippen LogP contribution in [0.25, 0.3) is 6.08 Å². The summed E-state index contributed by atoms with van der Waals surface area (Å²) in [7, 11) is -0.941. The molecule has 1 aliphatic carbocycles. The van der Waals surface area contributed by atoms with Crippen LogP contribution < -0.4 is 0 Å². The Morgan fingerprint density at radius 1 is 1.23 bits per heavy atom. The monoisotopic (exact) mass is 479 g/mol. The predicted octanol–water partition coefficient (Wildman–Crippen LogP) is 4.83. The molecule has 4 atom stereocenters. The average Bonchev–Trinajstić information content (AvgIpc) is 3.06. The van der Waals surface area contributed by atoms with Crippen molar-refractivity contribution >= 4 is 25.0 Å². The summed E-state index contributed by atoms with van der Waals surface area (Å²) >= 11 is 0. The first-order valence-corrected chi connectivity index (χ1v) is 13.1. The number of fused-ring (bicyclic) bond motifs is 3. The summed E-state index contributed by atoms with van der Waals surface area (Å²) < 4.78 is 6.11. The highest BCUT2D eigenvalue weighted by Crippen LogP contribution is 2.52. The number of allylic oxidation sites excluding steroid dienone is 2. The van der Waals surface area contributed by atoms with Crippen molar-refractivity contribution in [3.8, 4) is 5.75 Å². The number of hydrogen-bond acceptors (Lipinski definition) is 5. The first-order chi connectivity index (χ1) is 16.7. The molecular formula is C28H38BNO5. The quantitative estimate of drug-likeness (QED) is 0.317. The first kappa shape index (κ1) is 25.7.